The molecule has 0 aliphatic carbocycles. The van der Waals surface area contributed by atoms with Gasteiger partial charge in [0.25, 0.3) is 5.91 Å². The van der Waals surface area contributed by atoms with Crippen molar-refractivity contribution in [3.8, 4) is 11.3 Å². The van der Waals surface area contributed by atoms with Gasteiger partial charge < -0.3 is 21.1 Å². The molecule has 39 heavy (non-hydrogen) atoms. The summed E-state index contributed by atoms with van der Waals surface area (Å²) in [5, 5.41) is 7.24. The van der Waals surface area contributed by atoms with E-state index in [1.807, 2.05) is 18.2 Å². The number of hydrogen-bond donors (Lipinski definition) is 3. The first-order chi connectivity index (χ1) is 19.1. The van der Waals surface area contributed by atoms with Gasteiger partial charge in [-0.2, -0.15) is 0 Å². The van der Waals surface area contributed by atoms with Crippen LogP contribution in [0.15, 0.2) is 67.0 Å². The molecule has 1 amide bonds. The molecule has 2 aliphatic heterocycles. The van der Waals surface area contributed by atoms with E-state index in [2.05, 4.69) is 61.9 Å². The van der Waals surface area contributed by atoms with Gasteiger partial charge in [-0.25, -0.2) is 15.0 Å². The molecule has 200 valence electrons. The second kappa shape index (κ2) is 11.1. The maximum atomic E-state index is 12.5. The SMILES string of the molecule is NC(=O)c1cc(-c2ccc(CN3CCOCC3)cc2)nc2c(N[C@]3(c4ccccc4)CCCNC3)ncnc12. The van der Waals surface area contributed by atoms with Crippen molar-refractivity contribution >= 4 is 22.8 Å². The van der Waals surface area contributed by atoms with Crippen LogP contribution in [0.2, 0.25) is 0 Å². The molecule has 4 N–H and O–H groups in total. The second-order valence-corrected chi connectivity index (χ2v) is 10.3. The number of pyridine rings is 1. The highest BCUT2D eigenvalue weighted by Crippen LogP contribution is 2.35. The van der Waals surface area contributed by atoms with E-state index < -0.39 is 5.91 Å². The maximum Gasteiger partial charge on any atom is 0.251 e. The van der Waals surface area contributed by atoms with Crippen molar-refractivity contribution < 1.29 is 9.53 Å². The number of carbonyl (C=O) groups is 1. The third kappa shape index (κ3) is 5.34. The van der Waals surface area contributed by atoms with Crippen molar-refractivity contribution in [2.75, 3.05) is 44.7 Å². The van der Waals surface area contributed by atoms with Crippen LogP contribution < -0.4 is 16.4 Å². The number of primary amides is 1. The van der Waals surface area contributed by atoms with E-state index in [1.54, 1.807) is 6.07 Å². The maximum absolute atomic E-state index is 12.5. The molecule has 0 radical (unpaired) electrons. The number of carbonyl (C=O) groups excluding carboxylic acids is 1. The van der Waals surface area contributed by atoms with Gasteiger partial charge in [-0.15, -0.1) is 0 Å². The first kappa shape index (κ1) is 25.4. The first-order valence-corrected chi connectivity index (χ1v) is 13.5. The molecule has 0 spiro atoms. The fraction of sp³-hybridized carbons (Fsp3) is 0.333. The topological polar surface area (TPSA) is 118 Å². The van der Waals surface area contributed by atoms with Crippen LogP contribution in [0.25, 0.3) is 22.3 Å². The van der Waals surface area contributed by atoms with Gasteiger partial charge in [0.2, 0.25) is 0 Å². The molecule has 2 aromatic carbocycles. The molecule has 2 saturated heterocycles. The van der Waals surface area contributed by atoms with Gasteiger partial charge >= 0.3 is 0 Å². The minimum absolute atomic E-state index is 0.327. The normalized spacial score (nSPS) is 20.1. The molecule has 1 atom stereocenters. The van der Waals surface area contributed by atoms with Crippen molar-refractivity contribution in [2.45, 2.75) is 24.9 Å². The molecular formula is C30H33N7O2. The predicted molar refractivity (Wildman–Crippen MR) is 151 cm³/mol. The van der Waals surface area contributed by atoms with E-state index >= 15 is 0 Å². The van der Waals surface area contributed by atoms with Crippen LogP contribution in [0.4, 0.5) is 5.82 Å². The Balaban J connectivity index is 1.38. The van der Waals surface area contributed by atoms with Crippen molar-refractivity contribution in [1.29, 1.82) is 0 Å². The number of amides is 1. The average Bonchev–Trinajstić information content (AvgIpc) is 2.99. The number of morpholine rings is 1. The number of piperidine rings is 1. The van der Waals surface area contributed by atoms with Gasteiger partial charge in [0, 0.05) is 31.7 Å². The van der Waals surface area contributed by atoms with Crippen molar-refractivity contribution in [2.24, 2.45) is 5.73 Å². The Morgan fingerprint density at radius 3 is 2.56 bits per heavy atom. The third-order valence-corrected chi connectivity index (χ3v) is 7.68. The van der Waals surface area contributed by atoms with Crippen molar-refractivity contribution in [3.05, 3.63) is 83.7 Å². The summed E-state index contributed by atoms with van der Waals surface area (Å²) in [5.41, 5.74) is 10.7. The number of anilines is 1. The van der Waals surface area contributed by atoms with E-state index in [1.165, 1.54) is 17.5 Å². The number of rotatable bonds is 7. The van der Waals surface area contributed by atoms with Gasteiger partial charge in [0.05, 0.1) is 30.0 Å². The Morgan fingerprint density at radius 1 is 1.05 bits per heavy atom. The lowest BCUT2D eigenvalue weighted by Crippen LogP contribution is -2.49. The van der Waals surface area contributed by atoms with Crippen LogP contribution in [-0.2, 0) is 16.8 Å². The van der Waals surface area contributed by atoms with Gasteiger partial charge in [-0.1, -0.05) is 54.6 Å². The highest BCUT2D eigenvalue weighted by Gasteiger charge is 2.35. The molecule has 2 fully saturated rings. The smallest absolute Gasteiger partial charge is 0.251 e. The molecular weight excluding hydrogens is 490 g/mol. The molecule has 4 heterocycles. The van der Waals surface area contributed by atoms with Crippen LogP contribution in [0.1, 0.15) is 34.3 Å². The lowest BCUT2D eigenvalue weighted by Gasteiger charge is -2.39. The van der Waals surface area contributed by atoms with Crippen molar-refractivity contribution in [1.82, 2.24) is 25.2 Å². The summed E-state index contributed by atoms with van der Waals surface area (Å²) in [5.74, 6) is 0.0372. The largest absolute Gasteiger partial charge is 0.379 e. The summed E-state index contributed by atoms with van der Waals surface area (Å²) in [6, 6.07) is 20.4. The van der Waals surface area contributed by atoms with E-state index in [0.717, 1.165) is 64.3 Å². The lowest BCUT2D eigenvalue weighted by molar-refractivity contribution is 0.0342. The zero-order valence-corrected chi connectivity index (χ0v) is 21.9. The van der Waals surface area contributed by atoms with Gasteiger partial charge in [0.1, 0.15) is 17.4 Å². The number of aromatic nitrogens is 3. The Bertz CT molecular complexity index is 1450. The molecule has 0 bridgehead atoms. The van der Waals surface area contributed by atoms with Crippen LogP contribution in [0.3, 0.4) is 0 Å². The quantitative estimate of drug-likeness (QED) is 0.338. The molecule has 6 rings (SSSR count). The van der Waals surface area contributed by atoms with Crippen LogP contribution >= 0.6 is 0 Å². The lowest BCUT2D eigenvalue weighted by atomic mass is 9.83. The van der Waals surface area contributed by atoms with E-state index in [0.29, 0.717) is 28.1 Å². The number of nitrogens with two attached hydrogens (primary N) is 1. The third-order valence-electron chi connectivity index (χ3n) is 7.68. The predicted octanol–water partition coefficient (Wildman–Crippen LogP) is 3.31. The molecule has 0 saturated carbocycles. The summed E-state index contributed by atoms with van der Waals surface area (Å²) in [6.07, 6.45) is 3.42. The minimum atomic E-state index is -0.547. The summed E-state index contributed by atoms with van der Waals surface area (Å²) < 4.78 is 5.46. The molecule has 9 heteroatoms. The number of nitrogens with zero attached hydrogens (tertiary/aromatic N) is 4. The fourth-order valence-corrected chi connectivity index (χ4v) is 5.58. The second-order valence-electron chi connectivity index (χ2n) is 10.3. The highest BCUT2D eigenvalue weighted by molar-refractivity contribution is 6.06. The van der Waals surface area contributed by atoms with E-state index in [4.69, 9.17) is 15.5 Å². The zero-order chi connectivity index (χ0) is 26.7. The molecule has 4 aromatic rings. The molecule has 2 aliphatic rings. The summed E-state index contributed by atoms with van der Waals surface area (Å²) in [4.78, 5) is 28.9. The van der Waals surface area contributed by atoms with Gasteiger partial charge in [-0.05, 0) is 36.6 Å². The number of ether oxygens (including phenoxy) is 1. The molecule has 9 nitrogen and oxygen atoms in total. The Hall–Kier alpha value is -3.92. The van der Waals surface area contributed by atoms with Crippen LogP contribution in [-0.4, -0.2) is 65.2 Å². The van der Waals surface area contributed by atoms with Crippen LogP contribution in [0, 0.1) is 0 Å². The standard InChI is InChI=1S/C30H33N7O2/c31-28(38)24-17-25(22-9-7-21(8-10-22)18-37-13-15-39-16-14-37)35-27-26(24)33-20-34-29(27)36-30(11-4-12-32-19-30)23-5-2-1-3-6-23/h1-3,5-10,17,20,32H,4,11-16,18-19H2,(H2,31,38)(H,33,34,36)/t30-/m1/s1. The van der Waals surface area contributed by atoms with Gasteiger partial charge in [-0.3, -0.25) is 9.69 Å². The Labute approximate surface area is 227 Å². The summed E-state index contributed by atoms with van der Waals surface area (Å²) in [7, 11) is 0. The molecule has 2 aromatic heterocycles. The highest BCUT2D eigenvalue weighted by atomic mass is 16.5. The zero-order valence-electron chi connectivity index (χ0n) is 21.9. The minimum Gasteiger partial charge on any atom is -0.379 e. The Kier molecular flexibility index (Phi) is 7.19. The van der Waals surface area contributed by atoms with E-state index in [-0.39, 0.29) is 5.54 Å². The Morgan fingerprint density at radius 2 is 1.85 bits per heavy atom. The van der Waals surface area contributed by atoms with Gasteiger partial charge in [0.15, 0.2) is 5.82 Å². The van der Waals surface area contributed by atoms with Crippen molar-refractivity contribution in [3.63, 3.8) is 0 Å². The fourth-order valence-electron chi connectivity index (χ4n) is 5.58. The number of benzene rings is 2. The summed E-state index contributed by atoms with van der Waals surface area (Å²) >= 11 is 0. The summed E-state index contributed by atoms with van der Waals surface area (Å²) in [6.45, 7) is 6.01. The monoisotopic (exact) mass is 523 g/mol. The van der Waals surface area contributed by atoms with Crippen LogP contribution in [0.5, 0.6) is 0 Å². The number of fused-ring (bicyclic) bond motifs is 1. The molecule has 0 unspecified atom stereocenters. The number of hydrogen-bond acceptors (Lipinski definition) is 8. The first-order valence-electron chi connectivity index (χ1n) is 13.5. The van der Waals surface area contributed by atoms with E-state index in [9.17, 15) is 4.79 Å². The number of nitrogens with one attached hydrogen (secondary N) is 2. The average molecular weight is 524 g/mol.